The third-order valence-electron chi connectivity index (χ3n) is 6.98. The van der Waals surface area contributed by atoms with Crippen LogP contribution in [0.2, 0.25) is 0 Å². The number of pyridine rings is 1. The normalized spacial score (nSPS) is 10.6. The van der Waals surface area contributed by atoms with Crippen LogP contribution < -0.4 is 4.57 Å². The van der Waals surface area contributed by atoms with E-state index in [1.165, 1.54) is 118 Å². The van der Waals surface area contributed by atoms with Crippen molar-refractivity contribution in [1.82, 2.24) is 0 Å². The number of aromatic nitrogens is 1. The van der Waals surface area contributed by atoms with Gasteiger partial charge in [-0.2, -0.15) is 0 Å². The van der Waals surface area contributed by atoms with Crippen molar-refractivity contribution in [2.45, 2.75) is 113 Å². The first-order valence-electron chi connectivity index (χ1n) is 15.4. The standard InChI is InChI=1S/C21H38N.C14H10O4S2/c1-2-3-4-5-6-7-8-9-10-11-12-13-14-16-19-22-20-17-15-18-21-22;15-13(16)9-1-5-11(6-2-9)19-20-12-7-3-10(4-8-12)14(17)18/h15,17-18,20-21H,2-14,16,19H2,1H3;1-8H,(H,15,16)(H,17,18)/q+1;. The van der Waals surface area contributed by atoms with Gasteiger partial charge >= 0.3 is 11.9 Å². The van der Waals surface area contributed by atoms with Gasteiger partial charge in [0, 0.05) is 28.3 Å². The van der Waals surface area contributed by atoms with Crippen LogP contribution in [0.4, 0.5) is 0 Å². The van der Waals surface area contributed by atoms with Crippen LogP contribution in [0.3, 0.4) is 0 Å². The molecular weight excluding hydrogens is 563 g/mol. The van der Waals surface area contributed by atoms with Crippen LogP contribution in [0.5, 0.6) is 0 Å². The zero-order valence-corrected chi connectivity index (χ0v) is 26.7. The molecule has 0 aliphatic carbocycles. The Kier molecular flexibility index (Phi) is 19.2. The lowest BCUT2D eigenvalue weighted by molar-refractivity contribution is -0.697. The minimum atomic E-state index is -0.946. The minimum absolute atomic E-state index is 0.255. The van der Waals surface area contributed by atoms with Gasteiger partial charge in [-0.3, -0.25) is 0 Å². The number of carboxylic acids is 2. The third-order valence-corrected chi connectivity index (χ3v) is 9.40. The van der Waals surface area contributed by atoms with Crippen molar-refractivity contribution in [3.63, 3.8) is 0 Å². The maximum absolute atomic E-state index is 10.7. The maximum Gasteiger partial charge on any atom is 0.335 e. The van der Waals surface area contributed by atoms with E-state index in [2.05, 4.69) is 42.1 Å². The van der Waals surface area contributed by atoms with Crippen molar-refractivity contribution in [2.24, 2.45) is 0 Å². The predicted molar refractivity (Wildman–Crippen MR) is 175 cm³/mol. The lowest BCUT2D eigenvalue weighted by Gasteiger charge is -2.02. The average Bonchev–Trinajstić information content (AvgIpc) is 3.01. The number of hydrogen-bond donors (Lipinski definition) is 2. The monoisotopic (exact) mass is 610 g/mol. The fourth-order valence-electron chi connectivity index (χ4n) is 4.47. The van der Waals surface area contributed by atoms with E-state index in [1.807, 2.05) is 0 Å². The minimum Gasteiger partial charge on any atom is -0.478 e. The predicted octanol–water partition coefficient (Wildman–Crippen LogP) is 10.3. The molecule has 0 amide bonds. The molecule has 0 aliphatic rings. The molecule has 1 heterocycles. The van der Waals surface area contributed by atoms with E-state index in [-0.39, 0.29) is 11.1 Å². The number of hydrogen-bond acceptors (Lipinski definition) is 4. The summed E-state index contributed by atoms with van der Waals surface area (Å²) < 4.78 is 2.29. The Bertz CT molecular complexity index is 1060. The molecule has 0 unspecified atom stereocenters. The SMILES string of the molecule is CCCCCCCCCCCCCCCC[n+]1ccccc1.O=C(O)c1ccc(SSc2ccc(C(=O)O)cc2)cc1. The summed E-state index contributed by atoms with van der Waals surface area (Å²) in [7, 11) is 2.97. The molecule has 2 N–H and O–H groups in total. The fourth-order valence-corrected chi connectivity index (χ4v) is 6.41. The Labute approximate surface area is 260 Å². The zero-order valence-electron chi connectivity index (χ0n) is 25.1. The number of aryl methyl sites for hydroxylation is 1. The summed E-state index contributed by atoms with van der Waals surface area (Å²) in [6, 6.07) is 19.5. The molecule has 5 nitrogen and oxygen atoms in total. The molecular formula is C35H48NO4S2+. The van der Waals surface area contributed by atoms with Crippen molar-refractivity contribution in [1.29, 1.82) is 0 Å². The molecule has 228 valence electrons. The Morgan fingerprint density at radius 2 is 0.905 bits per heavy atom. The zero-order chi connectivity index (χ0) is 30.3. The highest BCUT2D eigenvalue weighted by molar-refractivity contribution is 8.76. The van der Waals surface area contributed by atoms with Crippen molar-refractivity contribution >= 4 is 33.5 Å². The van der Waals surface area contributed by atoms with Crippen LogP contribution in [0.15, 0.2) is 88.9 Å². The number of nitrogens with zero attached hydrogens (tertiary/aromatic N) is 1. The summed E-state index contributed by atoms with van der Waals surface area (Å²) in [6.07, 6.45) is 24.4. The van der Waals surface area contributed by atoms with Gasteiger partial charge in [0.2, 0.25) is 0 Å². The van der Waals surface area contributed by atoms with Crippen molar-refractivity contribution < 1.29 is 24.4 Å². The first-order valence-corrected chi connectivity index (χ1v) is 17.6. The van der Waals surface area contributed by atoms with E-state index in [9.17, 15) is 9.59 Å². The van der Waals surface area contributed by atoms with E-state index in [0.717, 1.165) is 9.79 Å². The van der Waals surface area contributed by atoms with Gasteiger partial charge in [-0.1, -0.05) is 112 Å². The molecule has 0 aliphatic heterocycles. The maximum atomic E-state index is 10.7. The quantitative estimate of drug-likeness (QED) is 0.0753. The molecule has 0 spiro atoms. The summed E-state index contributed by atoms with van der Waals surface area (Å²) >= 11 is 0. The van der Waals surface area contributed by atoms with Gasteiger partial charge in [-0.15, -0.1) is 0 Å². The smallest absolute Gasteiger partial charge is 0.335 e. The second-order valence-corrected chi connectivity index (χ2v) is 12.8. The van der Waals surface area contributed by atoms with E-state index >= 15 is 0 Å². The van der Waals surface area contributed by atoms with Gasteiger partial charge in [0.15, 0.2) is 12.4 Å². The van der Waals surface area contributed by atoms with Gasteiger partial charge in [0.05, 0.1) is 11.1 Å². The molecule has 7 heteroatoms. The lowest BCUT2D eigenvalue weighted by Crippen LogP contribution is -2.32. The summed E-state index contributed by atoms with van der Waals surface area (Å²) in [5.41, 5.74) is 0.510. The molecule has 2 aromatic carbocycles. The molecule has 0 saturated carbocycles. The number of unbranched alkanes of at least 4 members (excludes halogenated alkanes) is 13. The van der Waals surface area contributed by atoms with Crippen LogP contribution >= 0.6 is 21.6 Å². The fraction of sp³-hybridized carbons (Fsp3) is 0.457. The van der Waals surface area contributed by atoms with Crippen LogP contribution in [0.25, 0.3) is 0 Å². The molecule has 0 fully saturated rings. The van der Waals surface area contributed by atoms with Crippen molar-refractivity contribution in [3.05, 3.63) is 90.3 Å². The number of benzene rings is 2. The molecule has 1 aromatic heterocycles. The van der Waals surface area contributed by atoms with E-state index < -0.39 is 11.9 Å². The largest absolute Gasteiger partial charge is 0.478 e. The molecule has 3 rings (SSSR count). The average molecular weight is 611 g/mol. The number of carboxylic acid groups (broad SMARTS) is 2. The lowest BCUT2D eigenvalue weighted by atomic mass is 10.0. The van der Waals surface area contributed by atoms with E-state index in [0.29, 0.717) is 0 Å². The first-order chi connectivity index (χ1) is 20.5. The summed E-state index contributed by atoms with van der Waals surface area (Å²) in [5, 5.41) is 17.6. The third kappa shape index (κ3) is 16.6. The van der Waals surface area contributed by atoms with Crippen molar-refractivity contribution in [2.75, 3.05) is 0 Å². The summed E-state index contributed by atoms with van der Waals surface area (Å²) in [6.45, 7) is 3.47. The molecule has 0 radical (unpaired) electrons. The van der Waals surface area contributed by atoms with Gasteiger partial charge in [-0.05, 0) is 55.0 Å². The second-order valence-electron chi connectivity index (χ2n) is 10.5. The van der Waals surface area contributed by atoms with E-state index in [1.54, 1.807) is 48.5 Å². The highest BCUT2D eigenvalue weighted by Crippen LogP contribution is 2.37. The van der Waals surface area contributed by atoms with Gasteiger partial charge < -0.3 is 10.2 Å². The van der Waals surface area contributed by atoms with Crippen molar-refractivity contribution in [3.8, 4) is 0 Å². The van der Waals surface area contributed by atoms with Crippen LogP contribution in [-0.4, -0.2) is 22.2 Å². The Balaban J connectivity index is 0.000000294. The first kappa shape index (κ1) is 35.4. The summed E-state index contributed by atoms with van der Waals surface area (Å²) in [5.74, 6) is -1.89. The van der Waals surface area contributed by atoms with E-state index in [4.69, 9.17) is 10.2 Å². The highest BCUT2D eigenvalue weighted by Gasteiger charge is 2.05. The van der Waals surface area contributed by atoms with Crippen LogP contribution in [-0.2, 0) is 6.54 Å². The summed E-state index contributed by atoms with van der Waals surface area (Å²) in [4.78, 5) is 23.3. The number of rotatable bonds is 20. The van der Waals surface area contributed by atoms with Gasteiger partial charge in [-0.25, -0.2) is 14.2 Å². The molecule has 3 aromatic rings. The van der Waals surface area contributed by atoms with Gasteiger partial charge in [0.1, 0.15) is 6.54 Å². The molecule has 0 atom stereocenters. The molecule has 0 saturated heterocycles. The van der Waals surface area contributed by atoms with Crippen LogP contribution in [0.1, 0.15) is 118 Å². The highest BCUT2D eigenvalue weighted by atomic mass is 33.1. The topological polar surface area (TPSA) is 78.5 Å². The molecule has 42 heavy (non-hydrogen) atoms. The van der Waals surface area contributed by atoms with Gasteiger partial charge in [0.25, 0.3) is 0 Å². The Hall–Kier alpha value is -2.77. The Morgan fingerprint density at radius 1 is 0.548 bits per heavy atom. The Morgan fingerprint density at radius 3 is 1.26 bits per heavy atom. The number of carbonyl (C=O) groups is 2. The molecule has 0 bridgehead atoms. The second kappa shape index (κ2) is 22.8. The van der Waals surface area contributed by atoms with Crippen LogP contribution in [0, 0.1) is 0 Å². The number of aromatic carboxylic acids is 2.